The van der Waals surface area contributed by atoms with Crippen molar-refractivity contribution in [2.75, 3.05) is 0 Å². The van der Waals surface area contributed by atoms with E-state index in [0.29, 0.717) is 11.3 Å². The second kappa shape index (κ2) is 6.92. The Morgan fingerprint density at radius 2 is 1.88 bits per heavy atom. The number of hydrogen-bond donors (Lipinski definition) is 0. The molecule has 0 atom stereocenters. The molecule has 0 radical (unpaired) electrons. The third-order valence-electron chi connectivity index (χ3n) is 3.26. The maximum absolute atomic E-state index is 13.4. The van der Waals surface area contributed by atoms with Crippen LogP contribution < -0.4 is 5.56 Å². The molecule has 24 heavy (non-hydrogen) atoms. The standard InChI is InChI=1S/C17H11F3N2OS/c18-12-3-1-2-11(8-12)10-24-16-17(23)22(7-6-21-16)13-4-5-14(19)15(20)9-13/h1-9H,10H2. The van der Waals surface area contributed by atoms with Crippen molar-refractivity contribution >= 4 is 11.8 Å². The lowest BCUT2D eigenvalue weighted by atomic mass is 10.2. The third-order valence-corrected chi connectivity index (χ3v) is 4.29. The van der Waals surface area contributed by atoms with Crippen LogP contribution in [0.2, 0.25) is 0 Å². The average molecular weight is 348 g/mol. The first kappa shape index (κ1) is 16.3. The van der Waals surface area contributed by atoms with Crippen molar-refractivity contribution in [1.82, 2.24) is 9.55 Å². The summed E-state index contributed by atoms with van der Waals surface area (Å²) < 4.78 is 40.7. The molecule has 1 aromatic heterocycles. The second-order valence-corrected chi connectivity index (χ2v) is 5.89. The van der Waals surface area contributed by atoms with Gasteiger partial charge in [-0.15, -0.1) is 0 Å². The van der Waals surface area contributed by atoms with Crippen LogP contribution in [0.25, 0.3) is 5.69 Å². The van der Waals surface area contributed by atoms with Crippen LogP contribution in [0.4, 0.5) is 13.2 Å². The molecule has 3 aromatic rings. The van der Waals surface area contributed by atoms with Gasteiger partial charge in [0.1, 0.15) is 5.82 Å². The molecule has 1 heterocycles. The molecule has 3 rings (SSSR count). The van der Waals surface area contributed by atoms with E-state index >= 15 is 0 Å². The van der Waals surface area contributed by atoms with E-state index < -0.39 is 17.2 Å². The van der Waals surface area contributed by atoms with E-state index in [-0.39, 0.29) is 16.5 Å². The van der Waals surface area contributed by atoms with E-state index in [1.165, 1.54) is 35.2 Å². The Labute approximate surface area is 139 Å². The number of nitrogens with zero attached hydrogens (tertiary/aromatic N) is 2. The van der Waals surface area contributed by atoms with Crippen LogP contribution in [0.3, 0.4) is 0 Å². The summed E-state index contributed by atoms with van der Waals surface area (Å²) in [5.41, 5.74) is 0.461. The van der Waals surface area contributed by atoms with Crippen LogP contribution in [0.15, 0.2) is 64.7 Å². The van der Waals surface area contributed by atoms with E-state index in [1.807, 2.05) is 0 Å². The van der Waals surface area contributed by atoms with Crippen molar-refractivity contribution in [2.24, 2.45) is 0 Å². The Hall–Kier alpha value is -2.54. The minimum Gasteiger partial charge on any atom is -0.280 e. The monoisotopic (exact) mass is 348 g/mol. The molecule has 0 N–H and O–H groups in total. The zero-order valence-corrected chi connectivity index (χ0v) is 13.1. The van der Waals surface area contributed by atoms with Gasteiger partial charge in [-0.2, -0.15) is 0 Å². The molecule has 0 aliphatic carbocycles. The van der Waals surface area contributed by atoms with Crippen molar-refractivity contribution in [3.63, 3.8) is 0 Å². The smallest absolute Gasteiger partial charge is 0.280 e. The first-order chi connectivity index (χ1) is 11.5. The van der Waals surface area contributed by atoms with Gasteiger partial charge >= 0.3 is 0 Å². The molecule has 0 aliphatic rings. The lowest BCUT2D eigenvalue weighted by Gasteiger charge is -2.08. The van der Waals surface area contributed by atoms with Crippen LogP contribution in [0.1, 0.15) is 5.56 Å². The van der Waals surface area contributed by atoms with Gasteiger partial charge < -0.3 is 0 Å². The van der Waals surface area contributed by atoms with Crippen molar-refractivity contribution in [3.05, 3.63) is 88.2 Å². The van der Waals surface area contributed by atoms with E-state index in [0.717, 1.165) is 23.9 Å². The number of benzene rings is 2. The van der Waals surface area contributed by atoms with Gasteiger partial charge in [-0.1, -0.05) is 23.9 Å². The third kappa shape index (κ3) is 3.51. The maximum Gasteiger partial charge on any atom is 0.287 e. The summed E-state index contributed by atoms with van der Waals surface area (Å²) in [6, 6.07) is 9.25. The zero-order chi connectivity index (χ0) is 17.1. The van der Waals surface area contributed by atoms with Gasteiger partial charge in [0, 0.05) is 24.2 Å². The van der Waals surface area contributed by atoms with Crippen LogP contribution in [0, 0.1) is 17.5 Å². The Kier molecular flexibility index (Phi) is 4.71. The molecule has 122 valence electrons. The molecular weight excluding hydrogens is 337 g/mol. The summed E-state index contributed by atoms with van der Waals surface area (Å²) in [5, 5.41) is 0.187. The molecule has 0 fully saturated rings. The van der Waals surface area contributed by atoms with Crippen LogP contribution >= 0.6 is 11.8 Å². The first-order valence-corrected chi connectivity index (χ1v) is 7.93. The normalized spacial score (nSPS) is 10.8. The Bertz CT molecular complexity index is 943. The second-order valence-electron chi connectivity index (χ2n) is 4.92. The molecule has 7 heteroatoms. The topological polar surface area (TPSA) is 34.9 Å². The van der Waals surface area contributed by atoms with Gasteiger partial charge in [-0.25, -0.2) is 18.2 Å². The number of hydrogen-bond acceptors (Lipinski definition) is 3. The molecule has 0 amide bonds. The Morgan fingerprint density at radius 1 is 1.04 bits per heavy atom. The molecule has 0 saturated carbocycles. The van der Waals surface area contributed by atoms with E-state index in [4.69, 9.17) is 0 Å². The summed E-state index contributed by atoms with van der Waals surface area (Å²) in [6.07, 6.45) is 2.78. The van der Waals surface area contributed by atoms with Crippen LogP contribution in [0.5, 0.6) is 0 Å². The number of rotatable bonds is 4. The quantitative estimate of drug-likeness (QED) is 0.670. The lowest BCUT2D eigenvalue weighted by Crippen LogP contribution is -2.20. The van der Waals surface area contributed by atoms with Gasteiger partial charge in [-0.3, -0.25) is 9.36 Å². The molecule has 0 aliphatic heterocycles. The molecule has 3 nitrogen and oxygen atoms in total. The Morgan fingerprint density at radius 3 is 2.62 bits per heavy atom. The number of halogens is 3. The molecule has 0 bridgehead atoms. The Balaban J connectivity index is 1.88. The van der Waals surface area contributed by atoms with Crippen molar-refractivity contribution in [1.29, 1.82) is 0 Å². The SMILES string of the molecule is O=c1c(SCc2cccc(F)c2)nccn1-c1ccc(F)c(F)c1. The largest absolute Gasteiger partial charge is 0.287 e. The van der Waals surface area contributed by atoms with Gasteiger partial charge in [0.05, 0.1) is 5.69 Å². The fourth-order valence-corrected chi connectivity index (χ4v) is 2.95. The maximum atomic E-state index is 13.4. The van der Waals surface area contributed by atoms with Crippen molar-refractivity contribution in [3.8, 4) is 5.69 Å². The summed E-state index contributed by atoms with van der Waals surface area (Å²) in [6.45, 7) is 0. The summed E-state index contributed by atoms with van der Waals surface area (Å²) in [7, 11) is 0. The molecular formula is C17H11F3N2OS. The predicted molar refractivity (Wildman–Crippen MR) is 85.7 cm³/mol. The van der Waals surface area contributed by atoms with Crippen LogP contribution in [-0.4, -0.2) is 9.55 Å². The van der Waals surface area contributed by atoms with Crippen molar-refractivity contribution in [2.45, 2.75) is 10.8 Å². The van der Waals surface area contributed by atoms with Crippen LogP contribution in [-0.2, 0) is 5.75 Å². The average Bonchev–Trinajstić information content (AvgIpc) is 2.57. The fraction of sp³-hybridized carbons (Fsp3) is 0.0588. The molecule has 0 unspecified atom stereocenters. The van der Waals surface area contributed by atoms with Gasteiger partial charge in [0.2, 0.25) is 0 Å². The summed E-state index contributed by atoms with van der Waals surface area (Å²) >= 11 is 1.15. The fourth-order valence-electron chi connectivity index (χ4n) is 2.11. The summed E-state index contributed by atoms with van der Waals surface area (Å²) in [5.74, 6) is -2.01. The van der Waals surface area contributed by atoms with E-state index in [1.54, 1.807) is 12.1 Å². The molecule has 0 spiro atoms. The van der Waals surface area contributed by atoms with Gasteiger partial charge in [0.25, 0.3) is 5.56 Å². The van der Waals surface area contributed by atoms with Gasteiger partial charge in [0.15, 0.2) is 16.7 Å². The minimum absolute atomic E-state index is 0.187. The zero-order valence-electron chi connectivity index (χ0n) is 12.2. The highest BCUT2D eigenvalue weighted by Crippen LogP contribution is 2.19. The lowest BCUT2D eigenvalue weighted by molar-refractivity contribution is 0.507. The number of aromatic nitrogens is 2. The van der Waals surface area contributed by atoms with Crippen molar-refractivity contribution < 1.29 is 13.2 Å². The van der Waals surface area contributed by atoms with E-state index in [9.17, 15) is 18.0 Å². The highest BCUT2D eigenvalue weighted by Gasteiger charge is 2.10. The first-order valence-electron chi connectivity index (χ1n) is 6.95. The summed E-state index contributed by atoms with van der Waals surface area (Å²) in [4.78, 5) is 16.5. The highest BCUT2D eigenvalue weighted by molar-refractivity contribution is 7.98. The molecule has 2 aromatic carbocycles. The predicted octanol–water partition coefficient (Wildman–Crippen LogP) is 3.94. The number of thioether (sulfide) groups is 1. The minimum atomic E-state index is -1.04. The van der Waals surface area contributed by atoms with Gasteiger partial charge in [-0.05, 0) is 29.8 Å². The van der Waals surface area contributed by atoms with E-state index in [2.05, 4.69) is 4.98 Å². The highest BCUT2D eigenvalue weighted by atomic mass is 32.2. The molecule has 0 saturated heterocycles.